The minimum Gasteiger partial charge on any atom is -0.457 e. The highest BCUT2D eigenvalue weighted by molar-refractivity contribution is 6.36. The van der Waals surface area contributed by atoms with E-state index in [9.17, 15) is 14.7 Å². The fourth-order valence-electron chi connectivity index (χ4n) is 4.55. The van der Waals surface area contributed by atoms with Crippen molar-refractivity contribution >= 4 is 45.7 Å². The van der Waals surface area contributed by atoms with Crippen LogP contribution < -0.4 is 15.0 Å². The molecule has 9 nitrogen and oxygen atoms in total. The highest BCUT2D eigenvalue weighted by Gasteiger charge is 2.43. The van der Waals surface area contributed by atoms with Gasteiger partial charge < -0.3 is 29.8 Å². The number of ether oxygens (including phenoxy) is 2. The Morgan fingerprint density at radius 1 is 1.16 bits per heavy atom. The number of carbonyl (C=O) groups excluding carboxylic acids is 2. The second-order valence-electron chi connectivity index (χ2n) is 8.90. The van der Waals surface area contributed by atoms with Crippen LogP contribution in [0.1, 0.15) is 22.8 Å². The summed E-state index contributed by atoms with van der Waals surface area (Å²) in [7, 11) is 1.51. The SMILES string of the molecule is COC[C@]1(C)Nc2c(cnc3[nH]cc(C(=O)c4ccc(Oc5ccccc5)cc4Cl)c23)N(CCO)C1=O. The number of H-pyrrole nitrogens is 1. The summed E-state index contributed by atoms with van der Waals surface area (Å²) in [6, 6.07) is 14.2. The third kappa shape index (κ3) is 4.42. The number of aliphatic hydroxyl groups is 1. The van der Waals surface area contributed by atoms with Gasteiger partial charge in [0.15, 0.2) is 5.78 Å². The number of para-hydroxylation sites is 1. The van der Waals surface area contributed by atoms with Crippen molar-refractivity contribution in [3.63, 3.8) is 0 Å². The van der Waals surface area contributed by atoms with Crippen LogP contribution >= 0.6 is 11.6 Å². The number of hydrogen-bond acceptors (Lipinski definition) is 7. The third-order valence-corrected chi connectivity index (χ3v) is 6.57. The van der Waals surface area contributed by atoms with E-state index in [1.165, 1.54) is 18.2 Å². The van der Waals surface area contributed by atoms with Crippen LogP contribution in [0.2, 0.25) is 5.02 Å². The second-order valence-corrected chi connectivity index (χ2v) is 9.31. The fraction of sp³-hybridized carbons (Fsp3) is 0.222. The Hall–Kier alpha value is -3.92. The van der Waals surface area contributed by atoms with Gasteiger partial charge in [0.25, 0.3) is 5.91 Å². The number of hydrogen-bond donors (Lipinski definition) is 3. The first-order valence-corrected chi connectivity index (χ1v) is 12.0. The van der Waals surface area contributed by atoms with E-state index in [1.807, 2.05) is 30.3 Å². The molecule has 1 amide bonds. The number of rotatable bonds is 8. The number of fused-ring (bicyclic) bond motifs is 3. The largest absolute Gasteiger partial charge is 0.457 e. The third-order valence-electron chi connectivity index (χ3n) is 6.26. The van der Waals surface area contributed by atoms with Crippen LogP contribution in [0.5, 0.6) is 11.5 Å². The van der Waals surface area contributed by atoms with Gasteiger partial charge in [-0.05, 0) is 31.2 Å². The summed E-state index contributed by atoms with van der Waals surface area (Å²) in [6.07, 6.45) is 3.12. The van der Waals surface area contributed by atoms with Gasteiger partial charge in [-0.25, -0.2) is 4.98 Å². The number of aliphatic hydroxyl groups excluding tert-OH is 1. The molecule has 4 aromatic rings. The monoisotopic (exact) mass is 520 g/mol. The van der Waals surface area contributed by atoms with Crippen LogP contribution in [0.25, 0.3) is 11.0 Å². The van der Waals surface area contributed by atoms with Gasteiger partial charge in [-0.15, -0.1) is 0 Å². The first kappa shape index (κ1) is 24.8. The minimum atomic E-state index is -1.11. The summed E-state index contributed by atoms with van der Waals surface area (Å²) in [5, 5.41) is 13.6. The molecule has 3 heterocycles. The smallest absolute Gasteiger partial charge is 0.254 e. The van der Waals surface area contributed by atoms with E-state index in [1.54, 1.807) is 31.3 Å². The van der Waals surface area contributed by atoms with Crippen molar-refractivity contribution in [1.82, 2.24) is 9.97 Å². The van der Waals surface area contributed by atoms with Gasteiger partial charge in [-0.3, -0.25) is 9.59 Å². The molecule has 10 heteroatoms. The Kier molecular flexibility index (Phi) is 6.59. The van der Waals surface area contributed by atoms with E-state index in [0.29, 0.717) is 45.0 Å². The van der Waals surface area contributed by atoms with Crippen molar-refractivity contribution in [3.05, 3.63) is 77.1 Å². The lowest BCUT2D eigenvalue weighted by Crippen LogP contribution is -2.58. The summed E-state index contributed by atoms with van der Waals surface area (Å²) < 4.78 is 11.1. The number of carbonyl (C=O) groups is 2. The van der Waals surface area contributed by atoms with E-state index >= 15 is 0 Å². The van der Waals surface area contributed by atoms with Crippen LogP contribution in [0.4, 0.5) is 11.4 Å². The van der Waals surface area contributed by atoms with Crippen LogP contribution in [0.15, 0.2) is 60.9 Å². The van der Waals surface area contributed by atoms with Crippen LogP contribution in [0, 0.1) is 0 Å². The number of pyridine rings is 1. The standard InChI is InChI=1S/C27H25ClN4O5/c1-27(15-36-2)26(35)32(10-11-33)21-14-30-25-22(23(21)31-27)19(13-29-25)24(34)18-9-8-17(12-20(18)28)37-16-6-4-3-5-7-16/h3-9,12-14,31,33H,10-11,15H2,1-2H3,(H,29,30)/t27-/m0/s1. The number of methoxy groups -OCH3 is 1. The summed E-state index contributed by atoms with van der Waals surface area (Å²) in [5.74, 6) is 0.566. The number of amides is 1. The van der Waals surface area contributed by atoms with Gasteiger partial charge >= 0.3 is 0 Å². The molecule has 0 unspecified atom stereocenters. The average molecular weight is 521 g/mol. The molecule has 1 aliphatic heterocycles. The zero-order valence-electron chi connectivity index (χ0n) is 20.2. The van der Waals surface area contributed by atoms with E-state index in [2.05, 4.69) is 15.3 Å². The maximum Gasteiger partial charge on any atom is 0.254 e. The Balaban J connectivity index is 1.56. The first-order chi connectivity index (χ1) is 17.9. The zero-order valence-corrected chi connectivity index (χ0v) is 21.0. The summed E-state index contributed by atoms with van der Waals surface area (Å²) in [5.41, 5.74) is 0.987. The molecule has 2 aromatic heterocycles. The second kappa shape index (κ2) is 9.85. The number of nitrogens with zero attached hydrogens (tertiary/aromatic N) is 2. The predicted molar refractivity (Wildman–Crippen MR) is 141 cm³/mol. The van der Waals surface area contributed by atoms with Crippen LogP contribution in [0.3, 0.4) is 0 Å². The molecule has 0 aliphatic carbocycles. The number of ketones is 1. The topological polar surface area (TPSA) is 117 Å². The number of anilines is 2. The highest BCUT2D eigenvalue weighted by atomic mass is 35.5. The lowest BCUT2D eigenvalue weighted by atomic mass is 9.94. The number of β-amino-alcohol motifs (C(OH)–C–C–N with tert-alkyl or cyclic N) is 1. The molecule has 3 N–H and O–H groups in total. The van der Waals surface area contributed by atoms with Gasteiger partial charge in [-0.2, -0.15) is 0 Å². The molecular weight excluding hydrogens is 496 g/mol. The van der Waals surface area contributed by atoms with Crippen molar-refractivity contribution in [2.24, 2.45) is 0 Å². The Morgan fingerprint density at radius 3 is 2.65 bits per heavy atom. The van der Waals surface area contributed by atoms with E-state index < -0.39 is 5.54 Å². The molecule has 0 fully saturated rings. The zero-order chi connectivity index (χ0) is 26.2. The summed E-state index contributed by atoms with van der Waals surface area (Å²) >= 11 is 6.53. The van der Waals surface area contributed by atoms with Crippen molar-refractivity contribution < 1.29 is 24.2 Å². The number of aromatic amines is 1. The van der Waals surface area contributed by atoms with Gasteiger partial charge in [-0.1, -0.05) is 29.8 Å². The van der Waals surface area contributed by atoms with Crippen LogP contribution in [-0.2, 0) is 9.53 Å². The normalized spacial score (nSPS) is 17.0. The van der Waals surface area contributed by atoms with Gasteiger partial charge in [0.05, 0.1) is 46.8 Å². The van der Waals surface area contributed by atoms with E-state index in [4.69, 9.17) is 21.1 Å². The maximum absolute atomic E-state index is 13.7. The number of halogens is 1. The number of aromatic nitrogens is 2. The molecule has 190 valence electrons. The molecule has 0 saturated carbocycles. The lowest BCUT2D eigenvalue weighted by molar-refractivity contribution is -0.124. The fourth-order valence-corrected chi connectivity index (χ4v) is 4.81. The quantitative estimate of drug-likeness (QED) is 0.295. The van der Waals surface area contributed by atoms with Gasteiger partial charge in [0.2, 0.25) is 0 Å². The molecule has 37 heavy (non-hydrogen) atoms. The maximum atomic E-state index is 13.7. The van der Waals surface area contributed by atoms with Crippen molar-refractivity contribution in [1.29, 1.82) is 0 Å². The molecule has 1 atom stereocenters. The number of benzene rings is 2. The van der Waals surface area contributed by atoms with E-state index in [-0.39, 0.29) is 36.5 Å². The Morgan fingerprint density at radius 2 is 1.95 bits per heavy atom. The first-order valence-electron chi connectivity index (χ1n) is 11.6. The van der Waals surface area contributed by atoms with Crippen molar-refractivity contribution in [3.8, 4) is 11.5 Å². The van der Waals surface area contributed by atoms with Crippen molar-refractivity contribution in [2.75, 3.05) is 37.1 Å². The molecule has 0 saturated heterocycles. The molecule has 0 radical (unpaired) electrons. The van der Waals surface area contributed by atoms with Crippen LogP contribution in [-0.4, -0.2) is 59.2 Å². The summed E-state index contributed by atoms with van der Waals surface area (Å²) in [6.45, 7) is 1.63. The highest BCUT2D eigenvalue weighted by Crippen LogP contribution is 2.42. The Bertz CT molecular complexity index is 1490. The molecule has 0 bridgehead atoms. The predicted octanol–water partition coefficient (Wildman–Crippen LogP) is 4.40. The molecule has 2 aromatic carbocycles. The van der Waals surface area contributed by atoms with E-state index in [0.717, 1.165) is 0 Å². The number of nitrogens with one attached hydrogen (secondary N) is 2. The lowest BCUT2D eigenvalue weighted by Gasteiger charge is -2.41. The summed E-state index contributed by atoms with van der Waals surface area (Å²) in [4.78, 5) is 35.9. The average Bonchev–Trinajstić information content (AvgIpc) is 3.32. The molecule has 0 spiro atoms. The Labute approximate surface area is 218 Å². The van der Waals surface area contributed by atoms with Gasteiger partial charge in [0.1, 0.15) is 22.7 Å². The molecule has 5 rings (SSSR count). The minimum absolute atomic E-state index is 0.0718. The van der Waals surface area contributed by atoms with Gasteiger partial charge in [0, 0.05) is 31.5 Å². The molecule has 1 aliphatic rings. The van der Waals surface area contributed by atoms with Crippen molar-refractivity contribution in [2.45, 2.75) is 12.5 Å². The molecular formula is C27H25ClN4O5.